The van der Waals surface area contributed by atoms with E-state index in [-0.39, 0.29) is 11.3 Å². The quantitative estimate of drug-likeness (QED) is 0.869. The monoisotopic (exact) mass is 327 g/mol. The van der Waals surface area contributed by atoms with Gasteiger partial charge in [-0.25, -0.2) is 4.39 Å². The van der Waals surface area contributed by atoms with Crippen LogP contribution < -0.4 is 10.5 Å². The lowest BCUT2D eigenvalue weighted by Crippen LogP contribution is -2.30. The molecule has 1 atom stereocenters. The molecule has 0 fully saturated rings. The van der Waals surface area contributed by atoms with Crippen molar-refractivity contribution in [3.63, 3.8) is 0 Å². The molecule has 0 aliphatic heterocycles. The van der Waals surface area contributed by atoms with E-state index in [1.807, 2.05) is 0 Å². The summed E-state index contributed by atoms with van der Waals surface area (Å²) in [6.07, 6.45) is -5.77. The maximum absolute atomic E-state index is 13.4. The van der Waals surface area contributed by atoms with Crippen molar-refractivity contribution in [2.24, 2.45) is 5.73 Å². The molecule has 0 aliphatic carbocycles. The van der Waals surface area contributed by atoms with Crippen LogP contribution in [0, 0.1) is 5.82 Å². The van der Waals surface area contributed by atoms with Gasteiger partial charge < -0.3 is 10.5 Å². The number of amides is 1. The summed E-state index contributed by atoms with van der Waals surface area (Å²) in [6.45, 7) is 1.42. The molecule has 0 heterocycles. The van der Waals surface area contributed by atoms with E-state index in [9.17, 15) is 22.4 Å². The predicted molar refractivity (Wildman–Crippen MR) is 76.1 cm³/mol. The average Bonchev–Trinajstić information content (AvgIpc) is 2.47. The van der Waals surface area contributed by atoms with Crippen LogP contribution in [0.1, 0.15) is 12.5 Å². The highest BCUT2D eigenvalue weighted by atomic mass is 19.4. The second-order valence-electron chi connectivity index (χ2n) is 4.85. The molecule has 23 heavy (non-hydrogen) atoms. The van der Waals surface area contributed by atoms with Gasteiger partial charge in [-0.2, -0.15) is 13.2 Å². The van der Waals surface area contributed by atoms with Gasteiger partial charge in [0.2, 0.25) is 0 Å². The zero-order chi connectivity index (χ0) is 17.2. The molecule has 0 aromatic heterocycles. The smallest absolute Gasteiger partial charge is 0.419 e. The van der Waals surface area contributed by atoms with Crippen molar-refractivity contribution in [3.8, 4) is 16.9 Å². The van der Waals surface area contributed by atoms with E-state index in [4.69, 9.17) is 10.5 Å². The summed E-state index contributed by atoms with van der Waals surface area (Å²) in [6, 6.07) is 8.84. The molecule has 0 bridgehead atoms. The first-order valence-electron chi connectivity index (χ1n) is 6.62. The van der Waals surface area contributed by atoms with E-state index >= 15 is 0 Å². The van der Waals surface area contributed by atoms with Gasteiger partial charge in [-0.05, 0) is 30.7 Å². The van der Waals surface area contributed by atoms with Crippen LogP contribution in [0.4, 0.5) is 17.6 Å². The number of carbonyl (C=O) groups excluding carboxylic acids is 1. The number of carbonyl (C=O) groups is 1. The number of hydrogen-bond acceptors (Lipinski definition) is 2. The number of hydrogen-bond donors (Lipinski definition) is 1. The summed E-state index contributed by atoms with van der Waals surface area (Å²) in [5.74, 6) is -1.89. The lowest BCUT2D eigenvalue weighted by atomic mass is 10.0. The Hall–Kier alpha value is -2.57. The van der Waals surface area contributed by atoms with Gasteiger partial charge in [0.1, 0.15) is 11.6 Å². The van der Waals surface area contributed by atoms with E-state index in [0.29, 0.717) is 11.6 Å². The van der Waals surface area contributed by atoms with Crippen LogP contribution in [-0.2, 0) is 11.0 Å². The Kier molecular flexibility index (Phi) is 4.58. The van der Waals surface area contributed by atoms with Gasteiger partial charge in [0.05, 0.1) is 5.56 Å². The van der Waals surface area contributed by atoms with Crippen molar-refractivity contribution in [1.29, 1.82) is 0 Å². The molecule has 3 nitrogen and oxygen atoms in total. The van der Waals surface area contributed by atoms with Crippen molar-refractivity contribution in [3.05, 3.63) is 53.8 Å². The topological polar surface area (TPSA) is 52.3 Å². The van der Waals surface area contributed by atoms with E-state index in [1.165, 1.54) is 25.1 Å². The fourth-order valence-corrected chi connectivity index (χ4v) is 1.97. The number of para-hydroxylation sites is 1. The predicted octanol–water partition coefficient (Wildman–Crippen LogP) is 3.76. The lowest BCUT2D eigenvalue weighted by Gasteiger charge is -2.16. The Labute approximate surface area is 129 Å². The molecule has 2 N–H and O–H groups in total. The molecule has 0 saturated carbocycles. The maximum Gasteiger partial charge on any atom is 0.419 e. The highest BCUT2D eigenvalue weighted by Gasteiger charge is 2.34. The third-order valence-corrected chi connectivity index (χ3v) is 3.17. The molecule has 1 unspecified atom stereocenters. The van der Waals surface area contributed by atoms with Crippen LogP contribution in [-0.4, -0.2) is 12.0 Å². The number of primary amides is 1. The molecular formula is C16H13F4NO2. The molecule has 0 radical (unpaired) electrons. The molecule has 0 aliphatic rings. The SMILES string of the molecule is CC(Oc1ccccc1-c1ccc(F)c(C(F)(F)F)c1)C(N)=O. The standard InChI is InChI=1S/C16H13F4NO2/c1-9(15(21)22)23-14-5-3-2-4-11(14)10-6-7-13(17)12(8-10)16(18,19)20/h2-9H,1H3,(H2,21,22). The van der Waals surface area contributed by atoms with Crippen molar-refractivity contribution in [2.75, 3.05) is 0 Å². The second kappa shape index (κ2) is 6.28. The number of alkyl halides is 3. The summed E-state index contributed by atoms with van der Waals surface area (Å²) in [5, 5.41) is 0. The van der Waals surface area contributed by atoms with Gasteiger partial charge >= 0.3 is 6.18 Å². The van der Waals surface area contributed by atoms with E-state index in [2.05, 4.69) is 0 Å². The molecule has 122 valence electrons. The molecule has 2 rings (SSSR count). The Morgan fingerprint density at radius 3 is 2.43 bits per heavy atom. The Balaban J connectivity index is 2.49. The largest absolute Gasteiger partial charge is 0.480 e. The first-order chi connectivity index (χ1) is 10.7. The molecular weight excluding hydrogens is 314 g/mol. The van der Waals surface area contributed by atoms with Gasteiger partial charge in [0.15, 0.2) is 6.10 Å². The minimum atomic E-state index is -4.81. The van der Waals surface area contributed by atoms with Crippen LogP contribution in [0.25, 0.3) is 11.1 Å². The van der Waals surface area contributed by atoms with Crippen LogP contribution in [0.5, 0.6) is 5.75 Å². The first kappa shape index (κ1) is 16.8. The molecule has 2 aromatic carbocycles. The number of rotatable bonds is 4. The summed E-state index contributed by atoms with van der Waals surface area (Å²) >= 11 is 0. The van der Waals surface area contributed by atoms with Crippen LogP contribution in [0.15, 0.2) is 42.5 Å². The minimum absolute atomic E-state index is 0.117. The Bertz CT molecular complexity index is 728. The molecule has 1 amide bonds. The normalized spacial score (nSPS) is 12.7. The van der Waals surface area contributed by atoms with Gasteiger partial charge in [-0.1, -0.05) is 24.3 Å². The number of benzene rings is 2. The van der Waals surface area contributed by atoms with Crippen LogP contribution in [0.3, 0.4) is 0 Å². The maximum atomic E-state index is 13.4. The summed E-state index contributed by atoms with van der Waals surface area (Å²) in [4.78, 5) is 11.1. The zero-order valence-corrected chi connectivity index (χ0v) is 12.0. The fraction of sp³-hybridized carbons (Fsp3) is 0.188. The highest BCUT2D eigenvalue weighted by Crippen LogP contribution is 2.37. The van der Waals surface area contributed by atoms with Crippen molar-refractivity contribution >= 4 is 5.91 Å². The van der Waals surface area contributed by atoms with E-state index in [1.54, 1.807) is 12.1 Å². The summed E-state index contributed by atoms with van der Waals surface area (Å²) in [7, 11) is 0. The molecule has 0 spiro atoms. The van der Waals surface area contributed by atoms with E-state index < -0.39 is 29.6 Å². The lowest BCUT2D eigenvalue weighted by molar-refractivity contribution is -0.140. The van der Waals surface area contributed by atoms with Crippen LogP contribution in [0.2, 0.25) is 0 Å². The number of halogens is 4. The van der Waals surface area contributed by atoms with Gasteiger partial charge in [0.25, 0.3) is 5.91 Å². The van der Waals surface area contributed by atoms with Crippen molar-refractivity contribution in [1.82, 2.24) is 0 Å². The fourth-order valence-electron chi connectivity index (χ4n) is 1.97. The zero-order valence-electron chi connectivity index (χ0n) is 12.0. The summed E-state index contributed by atoms with van der Waals surface area (Å²) in [5.41, 5.74) is 4.16. The first-order valence-corrected chi connectivity index (χ1v) is 6.62. The molecule has 0 saturated heterocycles. The van der Waals surface area contributed by atoms with Crippen molar-refractivity contribution < 1.29 is 27.1 Å². The molecule has 2 aromatic rings. The number of ether oxygens (including phenoxy) is 1. The van der Waals surface area contributed by atoms with E-state index in [0.717, 1.165) is 6.07 Å². The molecule has 7 heteroatoms. The second-order valence-corrected chi connectivity index (χ2v) is 4.85. The van der Waals surface area contributed by atoms with Gasteiger partial charge in [-0.15, -0.1) is 0 Å². The van der Waals surface area contributed by atoms with Gasteiger partial charge in [0, 0.05) is 5.56 Å². The Morgan fingerprint density at radius 2 is 1.83 bits per heavy atom. The summed E-state index contributed by atoms with van der Waals surface area (Å²) < 4.78 is 57.2. The van der Waals surface area contributed by atoms with Crippen molar-refractivity contribution in [2.45, 2.75) is 19.2 Å². The highest BCUT2D eigenvalue weighted by molar-refractivity contribution is 5.79. The average molecular weight is 327 g/mol. The third kappa shape index (κ3) is 3.80. The van der Waals surface area contributed by atoms with Crippen LogP contribution >= 0.6 is 0 Å². The number of nitrogens with two attached hydrogens (primary N) is 1. The third-order valence-electron chi connectivity index (χ3n) is 3.17. The Morgan fingerprint density at radius 1 is 1.17 bits per heavy atom. The minimum Gasteiger partial charge on any atom is -0.480 e. The van der Waals surface area contributed by atoms with Gasteiger partial charge in [-0.3, -0.25) is 4.79 Å².